The molecular weight excluding hydrogens is 350 g/mol. The molecule has 1 aromatic rings. The van der Waals surface area contributed by atoms with Crippen LogP contribution in [-0.4, -0.2) is 49.8 Å². The summed E-state index contributed by atoms with van der Waals surface area (Å²) in [5, 5.41) is 6.65. The molecule has 1 aromatic carbocycles. The number of nitrogens with zero attached hydrogens (tertiary/aromatic N) is 1. The molecule has 1 amide bonds. The highest BCUT2D eigenvalue weighted by Crippen LogP contribution is 2.28. The molecule has 3 aliphatic heterocycles. The minimum atomic E-state index is -3.63. The van der Waals surface area contributed by atoms with Crippen molar-refractivity contribution in [3.63, 3.8) is 0 Å². The average Bonchev–Trinajstić information content (AvgIpc) is 3.00. The fraction of sp³-hybridized carbons (Fsp3) is 0.632. The van der Waals surface area contributed by atoms with E-state index in [-0.39, 0.29) is 22.4 Å². The van der Waals surface area contributed by atoms with E-state index in [9.17, 15) is 13.2 Å². The third-order valence-electron chi connectivity index (χ3n) is 5.87. The molecule has 2 N–H and O–H groups in total. The quantitative estimate of drug-likeness (QED) is 0.840. The van der Waals surface area contributed by atoms with Gasteiger partial charge >= 0.3 is 0 Å². The summed E-state index contributed by atoms with van der Waals surface area (Å²) in [5.74, 6) is -0.271. The number of carbonyl (C=O) groups is 1. The molecule has 26 heavy (non-hydrogen) atoms. The standard InChI is InChI=1S/C19H27N3O3S/c23-19(21-16-12-14-8-9-15(13-16)20-14)17-6-2-3-7-18(17)26(24,25)22-10-4-1-5-11-22/h2-3,6-7,14-16,20H,1,4-5,8-13H2,(H,21,23). The highest BCUT2D eigenvalue weighted by Gasteiger charge is 2.35. The Hall–Kier alpha value is -1.44. The minimum Gasteiger partial charge on any atom is -0.349 e. The Balaban J connectivity index is 1.54. The van der Waals surface area contributed by atoms with Gasteiger partial charge in [-0.15, -0.1) is 0 Å². The van der Waals surface area contributed by atoms with Crippen LogP contribution in [-0.2, 0) is 10.0 Å². The Kier molecular flexibility index (Phi) is 5.03. The Labute approximate surface area is 155 Å². The zero-order chi connectivity index (χ0) is 18.1. The van der Waals surface area contributed by atoms with Crippen molar-refractivity contribution < 1.29 is 13.2 Å². The smallest absolute Gasteiger partial charge is 0.252 e. The van der Waals surface area contributed by atoms with E-state index in [0.717, 1.165) is 44.9 Å². The molecule has 0 radical (unpaired) electrons. The van der Waals surface area contributed by atoms with Crippen LogP contribution < -0.4 is 10.6 Å². The molecule has 0 saturated carbocycles. The molecule has 4 rings (SSSR count). The Bertz CT molecular complexity index is 762. The summed E-state index contributed by atoms with van der Waals surface area (Å²) < 4.78 is 27.6. The number of nitrogens with one attached hydrogen (secondary N) is 2. The highest BCUT2D eigenvalue weighted by molar-refractivity contribution is 7.89. The first-order chi connectivity index (χ1) is 12.5. The summed E-state index contributed by atoms with van der Waals surface area (Å²) >= 11 is 0. The third kappa shape index (κ3) is 3.52. The molecule has 2 bridgehead atoms. The van der Waals surface area contributed by atoms with Crippen molar-refractivity contribution in [3.05, 3.63) is 29.8 Å². The molecule has 2 unspecified atom stereocenters. The van der Waals surface area contributed by atoms with Gasteiger partial charge in [-0.1, -0.05) is 18.6 Å². The SMILES string of the molecule is O=C(NC1CC2CCC(C1)N2)c1ccccc1S(=O)(=O)N1CCCCC1. The molecule has 0 spiro atoms. The summed E-state index contributed by atoms with van der Waals surface area (Å²) in [6, 6.07) is 7.69. The number of hydrogen-bond donors (Lipinski definition) is 2. The van der Waals surface area contributed by atoms with Gasteiger partial charge in [0, 0.05) is 31.2 Å². The van der Waals surface area contributed by atoms with Gasteiger partial charge in [-0.3, -0.25) is 4.79 Å². The second kappa shape index (κ2) is 7.29. The van der Waals surface area contributed by atoms with E-state index in [0.29, 0.717) is 25.2 Å². The monoisotopic (exact) mass is 377 g/mol. The molecule has 3 saturated heterocycles. The molecule has 0 aliphatic carbocycles. The van der Waals surface area contributed by atoms with Crippen LogP contribution in [0.5, 0.6) is 0 Å². The van der Waals surface area contributed by atoms with E-state index in [1.54, 1.807) is 24.3 Å². The van der Waals surface area contributed by atoms with Crippen molar-refractivity contribution in [2.75, 3.05) is 13.1 Å². The maximum atomic E-state index is 13.1. The number of piperidine rings is 2. The summed E-state index contributed by atoms with van der Waals surface area (Å²) in [4.78, 5) is 13.0. The topological polar surface area (TPSA) is 78.5 Å². The third-order valence-corrected chi connectivity index (χ3v) is 7.83. The van der Waals surface area contributed by atoms with Gasteiger partial charge in [-0.25, -0.2) is 8.42 Å². The zero-order valence-electron chi connectivity index (χ0n) is 15.0. The average molecular weight is 378 g/mol. The Morgan fingerprint density at radius 1 is 1.04 bits per heavy atom. The second-order valence-corrected chi connectivity index (χ2v) is 9.65. The predicted octanol–water partition coefficient (Wildman–Crippen LogP) is 1.87. The van der Waals surface area contributed by atoms with Crippen LogP contribution in [0.1, 0.15) is 55.3 Å². The lowest BCUT2D eigenvalue weighted by Gasteiger charge is -2.30. The van der Waals surface area contributed by atoms with E-state index in [1.807, 2.05) is 0 Å². The van der Waals surface area contributed by atoms with Crippen molar-refractivity contribution in [2.45, 2.75) is 68.0 Å². The first-order valence-corrected chi connectivity index (χ1v) is 11.1. The molecule has 0 aromatic heterocycles. The molecule has 142 valence electrons. The van der Waals surface area contributed by atoms with Crippen LogP contribution in [0.3, 0.4) is 0 Å². The van der Waals surface area contributed by atoms with Gasteiger partial charge < -0.3 is 10.6 Å². The van der Waals surface area contributed by atoms with E-state index < -0.39 is 10.0 Å². The molecule has 2 atom stereocenters. The molecule has 7 heteroatoms. The van der Waals surface area contributed by atoms with Gasteiger partial charge in [0.2, 0.25) is 10.0 Å². The van der Waals surface area contributed by atoms with Crippen molar-refractivity contribution in [1.82, 2.24) is 14.9 Å². The number of hydrogen-bond acceptors (Lipinski definition) is 4. The van der Waals surface area contributed by atoms with E-state index in [1.165, 1.54) is 4.31 Å². The minimum absolute atomic E-state index is 0.118. The summed E-state index contributed by atoms with van der Waals surface area (Å²) in [6.07, 6.45) is 6.99. The van der Waals surface area contributed by atoms with E-state index in [2.05, 4.69) is 10.6 Å². The van der Waals surface area contributed by atoms with Crippen molar-refractivity contribution in [2.24, 2.45) is 0 Å². The summed E-state index contributed by atoms with van der Waals surface area (Å²) in [5.41, 5.74) is 0.268. The molecule has 3 heterocycles. The van der Waals surface area contributed by atoms with Gasteiger partial charge in [0.1, 0.15) is 0 Å². The number of rotatable bonds is 4. The number of carbonyl (C=O) groups excluding carboxylic acids is 1. The molecular formula is C19H27N3O3S. The van der Waals surface area contributed by atoms with Crippen molar-refractivity contribution >= 4 is 15.9 Å². The van der Waals surface area contributed by atoms with Gasteiger partial charge in [-0.2, -0.15) is 4.31 Å². The van der Waals surface area contributed by atoms with Crippen LogP contribution in [0, 0.1) is 0 Å². The number of amides is 1. The molecule has 6 nitrogen and oxygen atoms in total. The Morgan fingerprint density at radius 3 is 2.38 bits per heavy atom. The lowest BCUT2D eigenvalue weighted by Crippen LogP contribution is -2.48. The van der Waals surface area contributed by atoms with Gasteiger partial charge in [0.15, 0.2) is 0 Å². The fourth-order valence-electron chi connectivity index (χ4n) is 4.56. The highest BCUT2D eigenvalue weighted by atomic mass is 32.2. The largest absolute Gasteiger partial charge is 0.349 e. The van der Waals surface area contributed by atoms with Crippen LogP contribution in [0.25, 0.3) is 0 Å². The number of sulfonamides is 1. The first-order valence-electron chi connectivity index (χ1n) is 9.70. The molecule has 3 aliphatic rings. The van der Waals surface area contributed by atoms with E-state index in [4.69, 9.17) is 0 Å². The lowest BCUT2D eigenvalue weighted by molar-refractivity contribution is 0.0920. The van der Waals surface area contributed by atoms with Gasteiger partial charge in [0.25, 0.3) is 5.91 Å². The Morgan fingerprint density at radius 2 is 1.69 bits per heavy atom. The maximum absolute atomic E-state index is 13.1. The summed E-state index contributed by atoms with van der Waals surface area (Å²) in [6.45, 7) is 1.08. The maximum Gasteiger partial charge on any atom is 0.252 e. The fourth-order valence-corrected chi connectivity index (χ4v) is 6.27. The van der Waals surface area contributed by atoms with Crippen molar-refractivity contribution in [3.8, 4) is 0 Å². The van der Waals surface area contributed by atoms with Gasteiger partial charge in [0.05, 0.1) is 10.5 Å². The second-order valence-electron chi connectivity index (χ2n) is 7.74. The van der Waals surface area contributed by atoms with Crippen molar-refractivity contribution in [1.29, 1.82) is 0 Å². The van der Waals surface area contributed by atoms with Crippen LogP contribution in [0.15, 0.2) is 29.2 Å². The van der Waals surface area contributed by atoms with Crippen LogP contribution in [0.4, 0.5) is 0 Å². The number of benzene rings is 1. The van der Waals surface area contributed by atoms with Crippen LogP contribution >= 0.6 is 0 Å². The molecule has 3 fully saturated rings. The van der Waals surface area contributed by atoms with E-state index >= 15 is 0 Å². The predicted molar refractivity (Wildman–Crippen MR) is 99.5 cm³/mol. The summed E-state index contributed by atoms with van der Waals surface area (Å²) in [7, 11) is -3.63. The van der Waals surface area contributed by atoms with Gasteiger partial charge in [-0.05, 0) is 50.7 Å². The lowest BCUT2D eigenvalue weighted by atomic mass is 9.99. The first kappa shape index (κ1) is 17.9. The van der Waals surface area contributed by atoms with Crippen LogP contribution in [0.2, 0.25) is 0 Å². The zero-order valence-corrected chi connectivity index (χ0v) is 15.8. The number of fused-ring (bicyclic) bond motifs is 2. The normalized spacial score (nSPS) is 29.5.